The van der Waals surface area contributed by atoms with Crippen LogP contribution in [-0.4, -0.2) is 73.4 Å². The molecule has 2 rings (SSSR count). The molecule has 0 bridgehead atoms. The Morgan fingerprint density at radius 2 is 1.79 bits per heavy atom. The first-order chi connectivity index (χ1) is 9.28. The van der Waals surface area contributed by atoms with Crippen molar-refractivity contribution in [3.63, 3.8) is 0 Å². The van der Waals surface area contributed by atoms with Crippen LogP contribution in [-0.2, 0) is 0 Å². The van der Waals surface area contributed by atoms with Crippen LogP contribution in [0, 0.1) is 5.92 Å². The second-order valence-electron chi connectivity index (χ2n) is 6.21. The molecular formula is C15H31N3O. The largest absolute Gasteiger partial charge is 0.390 e. The lowest BCUT2D eigenvalue weighted by atomic mass is 9.96. The van der Waals surface area contributed by atoms with E-state index in [1.807, 2.05) is 0 Å². The van der Waals surface area contributed by atoms with Crippen molar-refractivity contribution in [2.45, 2.75) is 38.7 Å². The van der Waals surface area contributed by atoms with Crippen LogP contribution in [0.25, 0.3) is 0 Å². The highest BCUT2D eigenvalue weighted by molar-refractivity contribution is 4.78. The molecule has 2 aliphatic rings. The summed E-state index contributed by atoms with van der Waals surface area (Å²) >= 11 is 0. The Bertz CT molecular complexity index is 236. The SMILES string of the molecule is CCNCC(O)CN1CCC(CN2CCCC2)CC1. The molecule has 112 valence electrons. The minimum Gasteiger partial charge on any atom is -0.390 e. The van der Waals surface area contributed by atoms with Crippen LogP contribution in [0.5, 0.6) is 0 Å². The Morgan fingerprint density at radius 1 is 1.11 bits per heavy atom. The van der Waals surface area contributed by atoms with Crippen LogP contribution in [0.2, 0.25) is 0 Å². The molecule has 0 aromatic carbocycles. The van der Waals surface area contributed by atoms with Crippen molar-refractivity contribution in [1.82, 2.24) is 15.1 Å². The first kappa shape index (κ1) is 15.2. The zero-order valence-electron chi connectivity index (χ0n) is 12.5. The van der Waals surface area contributed by atoms with Crippen molar-refractivity contribution in [3.05, 3.63) is 0 Å². The molecule has 0 aromatic heterocycles. The molecule has 0 radical (unpaired) electrons. The number of rotatable bonds is 7. The van der Waals surface area contributed by atoms with Gasteiger partial charge in [-0.3, -0.25) is 0 Å². The molecule has 0 spiro atoms. The number of likely N-dealkylation sites (N-methyl/N-ethyl adjacent to an activating group) is 1. The van der Waals surface area contributed by atoms with Gasteiger partial charge in [0.2, 0.25) is 0 Å². The van der Waals surface area contributed by atoms with E-state index < -0.39 is 0 Å². The van der Waals surface area contributed by atoms with Crippen molar-refractivity contribution in [3.8, 4) is 0 Å². The van der Waals surface area contributed by atoms with E-state index in [2.05, 4.69) is 22.0 Å². The highest BCUT2D eigenvalue weighted by Crippen LogP contribution is 2.20. The smallest absolute Gasteiger partial charge is 0.0791 e. The zero-order valence-corrected chi connectivity index (χ0v) is 12.5. The van der Waals surface area contributed by atoms with E-state index in [1.54, 1.807) is 0 Å². The molecule has 4 nitrogen and oxygen atoms in total. The summed E-state index contributed by atoms with van der Waals surface area (Å²) in [6.45, 7) is 10.9. The Labute approximate surface area is 118 Å². The summed E-state index contributed by atoms with van der Waals surface area (Å²) in [4.78, 5) is 5.07. The highest BCUT2D eigenvalue weighted by atomic mass is 16.3. The number of β-amino-alcohol motifs (C(OH)–C–C–N with tert-alkyl or cyclic N) is 1. The second-order valence-corrected chi connectivity index (χ2v) is 6.21. The maximum absolute atomic E-state index is 9.92. The van der Waals surface area contributed by atoms with Crippen LogP contribution >= 0.6 is 0 Å². The number of hydrogen-bond donors (Lipinski definition) is 2. The number of nitrogens with one attached hydrogen (secondary N) is 1. The van der Waals surface area contributed by atoms with Crippen molar-refractivity contribution in [2.75, 3.05) is 52.4 Å². The van der Waals surface area contributed by atoms with E-state index in [9.17, 15) is 5.11 Å². The second kappa shape index (κ2) is 8.20. The van der Waals surface area contributed by atoms with Gasteiger partial charge in [-0.15, -0.1) is 0 Å². The molecule has 4 heteroatoms. The van der Waals surface area contributed by atoms with Crippen LogP contribution < -0.4 is 5.32 Å². The van der Waals surface area contributed by atoms with Crippen molar-refractivity contribution in [1.29, 1.82) is 0 Å². The van der Waals surface area contributed by atoms with Gasteiger partial charge in [0.25, 0.3) is 0 Å². The standard InChI is InChI=1S/C15H31N3O/c1-2-16-11-15(19)13-18-9-5-14(6-10-18)12-17-7-3-4-8-17/h14-16,19H,2-13H2,1H3. The fourth-order valence-electron chi connectivity index (χ4n) is 3.36. The maximum atomic E-state index is 9.92. The molecule has 1 atom stereocenters. The summed E-state index contributed by atoms with van der Waals surface area (Å²) in [6, 6.07) is 0. The predicted octanol–water partition coefficient (Wildman–Crippen LogP) is 0.765. The third-order valence-electron chi connectivity index (χ3n) is 4.52. The van der Waals surface area contributed by atoms with E-state index in [4.69, 9.17) is 0 Å². The Hall–Kier alpha value is -0.160. The number of piperidine rings is 1. The topological polar surface area (TPSA) is 38.7 Å². The summed E-state index contributed by atoms with van der Waals surface area (Å²) in [5.41, 5.74) is 0. The third kappa shape index (κ3) is 5.38. The molecule has 2 saturated heterocycles. The summed E-state index contributed by atoms with van der Waals surface area (Å²) in [5.74, 6) is 0.889. The number of hydrogen-bond acceptors (Lipinski definition) is 4. The van der Waals surface area contributed by atoms with E-state index in [1.165, 1.54) is 58.4 Å². The van der Waals surface area contributed by atoms with Gasteiger partial charge in [0.15, 0.2) is 0 Å². The first-order valence-corrected chi connectivity index (χ1v) is 8.11. The lowest BCUT2D eigenvalue weighted by molar-refractivity contribution is 0.0829. The van der Waals surface area contributed by atoms with Gasteiger partial charge in [-0.25, -0.2) is 0 Å². The van der Waals surface area contributed by atoms with Gasteiger partial charge < -0.3 is 20.2 Å². The molecule has 0 aliphatic carbocycles. The molecule has 2 aliphatic heterocycles. The van der Waals surface area contributed by atoms with Gasteiger partial charge in [-0.1, -0.05) is 6.92 Å². The summed E-state index contributed by atoms with van der Waals surface area (Å²) < 4.78 is 0. The Balaban J connectivity index is 1.59. The molecular weight excluding hydrogens is 238 g/mol. The summed E-state index contributed by atoms with van der Waals surface area (Å²) in [5, 5.41) is 13.1. The van der Waals surface area contributed by atoms with Gasteiger partial charge in [0, 0.05) is 19.6 Å². The fraction of sp³-hybridized carbons (Fsp3) is 1.00. The molecule has 0 saturated carbocycles. The van der Waals surface area contributed by atoms with Crippen molar-refractivity contribution >= 4 is 0 Å². The number of nitrogens with zero attached hydrogens (tertiary/aromatic N) is 2. The number of likely N-dealkylation sites (tertiary alicyclic amines) is 2. The highest BCUT2D eigenvalue weighted by Gasteiger charge is 2.23. The van der Waals surface area contributed by atoms with Gasteiger partial charge in [0.1, 0.15) is 0 Å². The quantitative estimate of drug-likeness (QED) is 0.716. The minimum absolute atomic E-state index is 0.213. The lowest BCUT2D eigenvalue weighted by Crippen LogP contribution is -2.43. The number of aliphatic hydroxyl groups is 1. The van der Waals surface area contributed by atoms with Gasteiger partial charge in [-0.05, 0) is 64.3 Å². The molecule has 2 N–H and O–H groups in total. The van der Waals surface area contributed by atoms with Crippen LogP contribution in [0.15, 0.2) is 0 Å². The van der Waals surface area contributed by atoms with E-state index in [-0.39, 0.29) is 6.10 Å². The van der Waals surface area contributed by atoms with Gasteiger partial charge in [0.05, 0.1) is 6.10 Å². The fourth-order valence-corrected chi connectivity index (χ4v) is 3.36. The average molecular weight is 269 g/mol. The van der Waals surface area contributed by atoms with Crippen LogP contribution in [0.3, 0.4) is 0 Å². The summed E-state index contributed by atoms with van der Waals surface area (Å²) in [6.07, 6.45) is 5.20. The molecule has 0 aromatic rings. The molecule has 2 heterocycles. The Kier molecular flexibility index (Phi) is 6.57. The molecule has 19 heavy (non-hydrogen) atoms. The molecule has 2 fully saturated rings. The minimum atomic E-state index is -0.213. The normalized spacial score (nSPS) is 24.9. The monoisotopic (exact) mass is 269 g/mol. The van der Waals surface area contributed by atoms with Crippen molar-refractivity contribution in [2.24, 2.45) is 5.92 Å². The lowest BCUT2D eigenvalue weighted by Gasteiger charge is -2.34. The van der Waals surface area contributed by atoms with Gasteiger partial charge >= 0.3 is 0 Å². The zero-order chi connectivity index (χ0) is 13.5. The first-order valence-electron chi connectivity index (χ1n) is 8.11. The van der Waals surface area contributed by atoms with Gasteiger partial charge in [-0.2, -0.15) is 0 Å². The maximum Gasteiger partial charge on any atom is 0.0791 e. The third-order valence-corrected chi connectivity index (χ3v) is 4.52. The van der Waals surface area contributed by atoms with E-state index >= 15 is 0 Å². The van der Waals surface area contributed by atoms with Crippen LogP contribution in [0.1, 0.15) is 32.6 Å². The molecule has 1 unspecified atom stereocenters. The number of aliphatic hydroxyl groups excluding tert-OH is 1. The Morgan fingerprint density at radius 3 is 2.42 bits per heavy atom. The van der Waals surface area contributed by atoms with E-state index in [0.29, 0.717) is 0 Å². The van der Waals surface area contributed by atoms with E-state index in [0.717, 1.165) is 25.6 Å². The van der Waals surface area contributed by atoms with Crippen molar-refractivity contribution < 1.29 is 5.11 Å². The summed E-state index contributed by atoms with van der Waals surface area (Å²) in [7, 11) is 0. The predicted molar refractivity (Wildman–Crippen MR) is 79.4 cm³/mol. The average Bonchev–Trinajstić information content (AvgIpc) is 2.91. The van der Waals surface area contributed by atoms with Crippen LogP contribution in [0.4, 0.5) is 0 Å². The molecule has 0 amide bonds.